The van der Waals surface area contributed by atoms with Crippen LogP contribution in [0, 0.1) is 0 Å². The molecule has 2 aliphatic rings. The number of carbonyl (C=O) groups excluding carboxylic acids is 3. The van der Waals surface area contributed by atoms with Crippen LogP contribution in [0.3, 0.4) is 0 Å². The minimum Gasteiger partial charge on any atom is -0.276 e. The maximum absolute atomic E-state index is 12.3. The summed E-state index contributed by atoms with van der Waals surface area (Å²) in [6.07, 6.45) is 0.201. The van der Waals surface area contributed by atoms with E-state index in [9.17, 15) is 14.4 Å². The molecule has 1 aromatic rings. The minimum absolute atomic E-state index is 0.201. The van der Waals surface area contributed by atoms with Crippen molar-refractivity contribution in [3.63, 3.8) is 0 Å². The van der Waals surface area contributed by atoms with Crippen LogP contribution in [-0.4, -0.2) is 34.4 Å². The summed E-state index contributed by atoms with van der Waals surface area (Å²) in [5, 5.41) is 4.87. The first-order chi connectivity index (χ1) is 9.08. The average molecular weight is 324 g/mol. The van der Waals surface area contributed by atoms with Crippen LogP contribution in [0.1, 0.15) is 22.3 Å². The Hall–Kier alpha value is -1.89. The molecule has 2 heterocycles. The fraction of sp³-hybridized carbons (Fsp3) is 0.250. The zero-order valence-electron chi connectivity index (χ0n) is 9.85. The first-order valence-electron chi connectivity index (χ1n) is 5.78. The lowest BCUT2D eigenvalue weighted by Crippen LogP contribution is -2.56. The molecule has 0 aliphatic carbocycles. The van der Waals surface area contributed by atoms with Gasteiger partial charge < -0.3 is 0 Å². The van der Waals surface area contributed by atoms with Crippen LogP contribution in [0.5, 0.6) is 0 Å². The van der Waals surface area contributed by atoms with Gasteiger partial charge in [-0.05, 0) is 27.6 Å². The molecule has 4 amide bonds. The van der Waals surface area contributed by atoms with Gasteiger partial charge in [-0.15, -0.1) is 0 Å². The van der Waals surface area contributed by atoms with Crippen molar-refractivity contribution in [2.45, 2.75) is 13.0 Å². The highest BCUT2D eigenvalue weighted by molar-refractivity contribution is 9.10. The molecule has 0 saturated carbocycles. The van der Waals surface area contributed by atoms with E-state index in [1.165, 1.54) is 10.0 Å². The predicted molar refractivity (Wildman–Crippen MR) is 68.9 cm³/mol. The molecule has 7 heteroatoms. The molecule has 1 saturated heterocycles. The van der Waals surface area contributed by atoms with Gasteiger partial charge in [0.25, 0.3) is 5.91 Å². The minimum atomic E-state index is -0.548. The van der Waals surface area contributed by atoms with Crippen LogP contribution in [-0.2, 0) is 11.3 Å². The highest BCUT2D eigenvalue weighted by atomic mass is 79.9. The normalized spacial score (nSPS) is 18.7. The third-order valence-corrected chi connectivity index (χ3v) is 3.85. The van der Waals surface area contributed by atoms with Gasteiger partial charge in [-0.25, -0.2) is 14.8 Å². The van der Waals surface area contributed by atoms with Crippen molar-refractivity contribution in [2.24, 2.45) is 0 Å². The summed E-state index contributed by atoms with van der Waals surface area (Å²) in [6, 6.07) is 4.94. The van der Waals surface area contributed by atoms with Gasteiger partial charge >= 0.3 is 6.03 Å². The van der Waals surface area contributed by atoms with Crippen molar-refractivity contribution in [1.29, 1.82) is 0 Å². The number of imide groups is 1. The number of hydrogen-bond acceptors (Lipinski definition) is 3. The first kappa shape index (κ1) is 12.2. The van der Waals surface area contributed by atoms with Crippen LogP contribution in [0.4, 0.5) is 4.79 Å². The van der Waals surface area contributed by atoms with E-state index in [1.54, 1.807) is 6.07 Å². The van der Waals surface area contributed by atoms with Gasteiger partial charge in [-0.1, -0.05) is 12.1 Å². The van der Waals surface area contributed by atoms with Crippen LogP contribution in [0.25, 0.3) is 0 Å². The summed E-state index contributed by atoms with van der Waals surface area (Å²) in [7, 11) is 0. The zero-order valence-corrected chi connectivity index (χ0v) is 11.4. The van der Waals surface area contributed by atoms with Gasteiger partial charge in [-0.2, -0.15) is 0 Å². The Morgan fingerprint density at radius 3 is 2.63 bits per heavy atom. The Balaban J connectivity index is 1.90. The second kappa shape index (κ2) is 4.34. The Morgan fingerprint density at radius 2 is 1.95 bits per heavy atom. The third-order valence-electron chi connectivity index (χ3n) is 3.19. The van der Waals surface area contributed by atoms with E-state index in [2.05, 4.69) is 21.2 Å². The summed E-state index contributed by atoms with van der Waals surface area (Å²) in [5.74, 6) is -0.543. The van der Waals surface area contributed by atoms with Gasteiger partial charge in [0.1, 0.15) is 0 Å². The summed E-state index contributed by atoms with van der Waals surface area (Å²) >= 11 is 3.34. The lowest BCUT2D eigenvalue weighted by atomic mass is 10.1. The molecule has 1 aromatic carbocycles. The Labute approximate surface area is 117 Å². The molecule has 0 unspecified atom stereocenters. The van der Waals surface area contributed by atoms with Gasteiger partial charge in [0, 0.05) is 10.9 Å². The molecule has 1 N–H and O–H groups in total. The van der Waals surface area contributed by atoms with Crippen LogP contribution in [0.2, 0.25) is 0 Å². The fourth-order valence-corrected chi connectivity index (χ4v) is 2.86. The molecule has 1 fully saturated rings. The monoisotopic (exact) mass is 323 g/mol. The Morgan fingerprint density at radius 1 is 1.16 bits per heavy atom. The molecule has 0 spiro atoms. The molecule has 0 radical (unpaired) electrons. The third kappa shape index (κ3) is 1.90. The van der Waals surface area contributed by atoms with Crippen LogP contribution >= 0.6 is 15.9 Å². The lowest BCUT2D eigenvalue weighted by Gasteiger charge is -2.33. The summed E-state index contributed by atoms with van der Waals surface area (Å²) < 4.78 is 0.714. The van der Waals surface area contributed by atoms with Crippen LogP contribution < -0.4 is 5.32 Å². The summed E-state index contributed by atoms with van der Waals surface area (Å²) in [4.78, 5) is 35.2. The van der Waals surface area contributed by atoms with Crippen molar-refractivity contribution in [3.05, 3.63) is 33.8 Å². The number of nitrogens with one attached hydrogen (secondary N) is 1. The van der Waals surface area contributed by atoms with Gasteiger partial charge in [0.05, 0.1) is 18.7 Å². The molecule has 6 nitrogen and oxygen atoms in total. The molecule has 3 rings (SSSR count). The Bertz CT molecular complexity index is 602. The van der Waals surface area contributed by atoms with Crippen molar-refractivity contribution < 1.29 is 14.4 Å². The smallest absolute Gasteiger partial charge is 0.276 e. The average Bonchev–Trinajstić information content (AvgIpc) is 2.68. The molecular weight excluding hydrogens is 314 g/mol. The summed E-state index contributed by atoms with van der Waals surface area (Å²) in [5.41, 5.74) is 1.44. The number of hydrogen-bond donors (Lipinski definition) is 1. The number of benzene rings is 1. The van der Waals surface area contributed by atoms with E-state index >= 15 is 0 Å². The fourth-order valence-electron chi connectivity index (χ4n) is 2.28. The van der Waals surface area contributed by atoms with Crippen molar-refractivity contribution >= 4 is 33.8 Å². The van der Waals surface area contributed by atoms with E-state index in [0.29, 0.717) is 16.6 Å². The number of halogens is 1. The lowest BCUT2D eigenvalue weighted by molar-refractivity contribution is -0.123. The first-order valence-corrected chi connectivity index (χ1v) is 6.58. The second-order valence-corrected chi connectivity index (χ2v) is 5.22. The molecule has 98 valence electrons. The van der Waals surface area contributed by atoms with Gasteiger partial charge in [0.2, 0.25) is 5.91 Å². The number of urea groups is 1. The van der Waals surface area contributed by atoms with E-state index in [-0.39, 0.29) is 24.8 Å². The largest absolute Gasteiger partial charge is 0.342 e. The number of hydrazine groups is 1. The van der Waals surface area contributed by atoms with E-state index < -0.39 is 6.03 Å². The standard InChI is InChI=1S/C12H10BrN3O3/c13-8-3-1-2-7-6-16(11(18)10(7)8)15-5-4-9(17)14-12(15)19/h1-3H,4-6H2,(H,14,17,19). The highest BCUT2D eigenvalue weighted by Crippen LogP contribution is 2.30. The van der Waals surface area contributed by atoms with Crippen molar-refractivity contribution in [1.82, 2.24) is 15.3 Å². The van der Waals surface area contributed by atoms with Gasteiger partial charge in [-0.3, -0.25) is 14.9 Å². The maximum Gasteiger partial charge on any atom is 0.342 e. The number of rotatable bonds is 1. The maximum atomic E-state index is 12.3. The number of fused-ring (bicyclic) bond motifs is 1. The topological polar surface area (TPSA) is 69.7 Å². The predicted octanol–water partition coefficient (Wildman–Crippen LogP) is 1.26. The van der Waals surface area contributed by atoms with E-state index in [4.69, 9.17) is 0 Å². The SMILES string of the molecule is O=C1CCN(N2Cc3cccc(Br)c3C2=O)C(=O)N1. The molecule has 19 heavy (non-hydrogen) atoms. The van der Waals surface area contributed by atoms with Crippen molar-refractivity contribution in [3.8, 4) is 0 Å². The number of amides is 4. The summed E-state index contributed by atoms with van der Waals surface area (Å²) in [6.45, 7) is 0.567. The molecule has 0 atom stereocenters. The molecular formula is C12H10BrN3O3. The Kier molecular flexibility index (Phi) is 2.78. The van der Waals surface area contributed by atoms with Crippen LogP contribution in [0.15, 0.2) is 22.7 Å². The number of carbonyl (C=O) groups is 3. The van der Waals surface area contributed by atoms with Gasteiger partial charge in [0.15, 0.2) is 0 Å². The quantitative estimate of drug-likeness (QED) is 0.846. The highest BCUT2D eigenvalue weighted by Gasteiger charge is 2.37. The van der Waals surface area contributed by atoms with Crippen molar-refractivity contribution in [2.75, 3.05) is 6.54 Å². The number of nitrogens with zero attached hydrogens (tertiary/aromatic N) is 2. The molecule has 2 aliphatic heterocycles. The molecule has 0 aromatic heterocycles. The van der Waals surface area contributed by atoms with E-state index in [0.717, 1.165) is 5.56 Å². The second-order valence-electron chi connectivity index (χ2n) is 4.36. The van der Waals surface area contributed by atoms with E-state index in [1.807, 2.05) is 12.1 Å². The molecule has 0 bridgehead atoms. The zero-order chi connectivity index (χ0) is 13.6.